The van der Waals surface area contributed by atoms with Gasteiger partial charge in [0.15, 0.2) is 5.82 Å². The molecule has 0 bridgehead atoms. The number of nitrogens with one attached hydrogen (secondary N) is 1. The second-order valence-electron chi connectivity index (χ2n) is 7.04. The lowest BCUT2D eigenvalue weighted by molar-refractivity contribution is 0.292. The van der Waals surface area contributed by atoms with Gasteiger partial charge >= 0.3 is 0 Å². The lowest BCUT2D eigenvalue weighted by Crippen LogP contribution is -2.17. The van der Waals surface area contributed by atoms with E-state index in [1.165, 1.54) is 11.3 Å². The van der Waals surface area contributed by atoms with Crippen LogP contribution in [0.1, 0.15) is 16.4 Å². The Kier molecular flexibility index (Phi) is 4.95. The van der Waals surface area contributed by atoms with Crippen LogP contribution in [0.3, 0.4) is 0 Å². The molecular weight excluding hydrogens is 400 g/mol. The molecule has 152 valence electrons. The molecule has 1 aromatic carbocycles. The summed E-state index contributed by atoms with van der Waals surface area (Å²) in [6.07, 6.45) is 6.33. The van der Waals surface area contributed by atoms with Crippen molar-refractivity contribution in [3.05, 3.63) is 59.3 Å². The second-order valence-corrected chi connectivity index (χ2v) is 8.08. The molecule has 0 saturated heterocycles. The van der Waals surface area contributed by atoms with Gasteiger partial charge in [-0.2, -0.15) is 14.7 Å². The average molecular weight is 421 g/mol. The van der Waals surface area contributed by atoms with Crippen LogP contribution < -0.4 is 5.32 Å². The largest absolute Gasteiger partial charge is 0.395 e. The van der Waals surface area contributed by atoms with Crippen LogP contribution in [0.15, 0.2) is 42.9 Å². The molecule has 5 aromatic rings. The van der Waals surface area contributed by atoms with Gasteiger partial charge in [-0.05, 0) is 23.8 Å². The molecule has 0 saturated carbocycles. The number of aromatic nitrogens is 7. The topological polar surface area (TPSA) is 106 Å². The molecule has 9 nitrogen and oxygen atoms in total. The Morgan fingerprint density at radius 1 is 1.13 bits per heavy atom. The molecule has 0 fully saturated rings. The van der Waals surface area contributed by atoms with Gasteiger partial charge in [0.2, 0.25) is 4.96 Å². The van der Waals surface area contributed by atoms with Crippen LogP contribution in [0, 0.1) is 0 Å². The van der Waals surface area contributed by atoms with E-state index < -0.39 is 0 Å². The van der Waals surface area contributed by atoms with Crippen molar-refractivity contribution in [2.24, 2.45) is 7.05 Å². The third kappa shape index (κ3) is 3.67. The van der Waals surface area contributed by atoms with Crippen molar-refractivity contribution in [3.8, 4) is 11.1 Å². The van der Waals surface area contributed by atoms with Gasteiger partial charge in [-0.1, -0.05) is 17.4 Å². The molecular formula is C20H20N8OS. The first-order valence-electron chi connectivity index (χ1n) is 9.59. The number of pyridine rings is 1. The number of hydrogen-bond donors (Lipinski definition) is 2. The van der Waals surface area contributed by atoms with Gasteiger partial charge in [0, 0.05) is 55.5 Å². The standard InChI is InChI=1S/C20H20N8OS/c1-27-12-16(10-23-27)15-8-14-6-13(2-3-17(14)22-9-15)7-18-24-25-20-28(18)26-19(30-20)11-21-4-5-29/h2-3,6,8-10,12,21,29H,4-5,7,11H2,1H3. The first-order valence-corrected chi connectivity index (χ1v) is 10.4. The maximum atomic E-state index is 8.89. The maximum Gasteiger partial charge on any atom is 0.234 e. The van der Waals surface area contributed by atoms with Gasteiger partial charge in [-0.25, -0.2) is 0 Å². The van der Waals surface area contributed by atoms with Gasteiger partial charge in [0.25, 0.3) is 0 Å². The molecule has 5 rings (SSSR count). The predicted octanol–water partition coefficient (Wildman–Crippen LogP) is 1.81. The summed E-state index contributed by atoms with van der Waals surface area (Å²) < 4.78 is 3.59. The van der Waals surface area contributed by atoms with Crippen LogP contribution in [0.2, 0.25) is 0 Å². The van der Waals surface area contributed by atoms with Crippen molar-refractivity contribution >= 4 is 27.2 Å². The van der Waals surface area contributed by atoms with E-state index in [2.05, 4.69) is 48.9 Å². The first-order chi connectivity index (χ1) is 14.7. The number of aliphatic hydroxyl groups excluding tert-OH is 1. The van der Waals surface area contributed by atoms with Crippen molar-refractivity contribution in [1.82, 2.24) is 39.9 Å². The minimum atomic E-state index is 0.106. The first kappa shape index (κ1) is 18.8. The number of rotatable bonds is 7. The summed E-state index contributed by atoms with van der Waals surface area (Å²) in [7, 11) is 1.90. The fourth-order valence-electron chi connectivity index (χ4n) is 3.35. The molecule has 30 heavy (non-hydrogen) atoms. The van der Waals surface area contributed by atoms with E-state index in [1.807, 2.05) is 31.7 Å². The van der Waals surface area contributed by atoms with Crippen LogP contribution >= 0.6 is 11.3 Å². The molecule has 4 aromatic heterocycles. The zero-order valence-electron chi connectivity index (χ0n) is 16.4. The zero-order chi connectivity index (χ0) is 20.5. The summed E-state index contributed by atoms with van der Waals surface area (Å²) in [5, 5.41) is 31.4. The average Bonchev–Trinajstić information content (AvgIpc) is 3.45. The highest BCUT2D eigenvalue weighted by Crippen LogP contribution is 2.24. The molecule has 0 amide bonds. The molecule has 0 aliphatic rings. The van der Waals surface area contributed by atoms with E-state index in [-0.39, 0.29) is 6.61 Å². The van der Waals surface area contributed by atoms with Crippen molar-refractivity contribution < 1.29 is 5.11 Å². The molecule has 0 atom stereocenters. The predicted molar refractivity (Wildman–Crippen MR) is 114 cm³/mol. The normalized spacial score (nSPS) is 11.7. The van der Waals surface area contributed by atoms with E-state index in [1.54, 1.807) is 9.20 Å². The summed E-state index contributed by atoms with van der Waals surface area (Å²) in [6, 6.07) is 8.37. The summed E-state index contributed by atoms with van der Waals surface area (Å²) in [5.41, 5.74) is 4.15. The molecule has 2 N–H and O–H groups in total. The fraction of sp³-hybridized carbons (Fsp3) is 0.250. The number of fused-ring (bicyclic) bond motifs is 2. The minimum absolute atomic E-state index is 0.106. The SMILES string of the molecule is Cn1cc(-c2cnc3ccc(Cc4nnc5sc(CNCCO)nn45)cc3c2)cn1. The molecule has 10 heteroatoms. The van der Waals surface area contributed by atoms with E-state index in [0.717, 1.165) is 43.4 Å². The van der Waals surface area contributed by atoms with E-state index in [4.69, 9.17) is 5.11 Å². The third-order valence-electron chi connectivity index (χ3n) is 4.81. The highest BCUT2D eigenvalue weighted by molar-refractivity contribution is 7.16. The molecule has 0 unspecified atom stereocenters. The quantitative estimate of drug-likeness (QED) is 0.387. The van der Waals surface area contributed by atoms with Crippen molar-refractivity contribution in [1.29, 1.82) is 0 Å². The summed E-state index contributed by atoms with van der Waals surface area (Å²) >= 11 is 1.50. The fourth-order valence-corrected chi connectivity index (χ4v) is 4.18. The number of aliphatic hydroxyl groups is 1. The highest BCUT2D eigenvalue weighted by Gasteiger charge is 2.13. The van der Waals surface area contributed by atoms with Crippen molar-refractivity contribution in [2.75, 3.05) is 13.2 Å². The smallest absolute Gasteiger partial charge is 0.234 e. The van der Waals surface area contributed by atoms with Crippen LogP contribution in [0.5, 0.6) is 0 Å². The van der Waals surface area contributed by atoms with Crippen LogP contribution in [0.4, 0.5) is 0 Å². The van der Waals surface area contributed by atoms with Gasteiger partial charge in [-0.15, -0.1) is 10.2 Å². The Balaban J connectivity index is 1.42. The van der Waals surface area contributed by atoms with Crippen LogP contribution in [-0.2, 0) is 20.0 Å². The molecule has 4 heterocycles. The van der Waals surface area contributed by atoms with Gasteiger partial charge < -0.3 is 10.4 Å². The van der Waals surface area contributed by atoms with Gasteiger partial charge in [-0.3, -0.25) is 9.67 Å². The highest BCUT2D eigenvalue weighted by atomic mass is 32.1. The minimum Gasteiger partial charge on any atom is -0.395 e. The monoisotopic (exact) mass is 420 g/mol. The molecule has 0 spiro atoms. The Morgan fingerprint density at radius 3 is 2.90 bits per heavy atom. The lowest BCUT2D eigenvalue weighted by atomic mass is 10.0. The Morgan fingerprint density at radius 2 is 2.07 bits per heavy atom. The van der Waals surface area contributed by atoms with E-state index >= 15 is 0 Å². The molecule has 0 aliphatic carbocycles. The summed E-state index contributed by atoms with van der Waals surface area (Å²) in [4.78, 5) is 5.36. The summed E-state index contributed by atoms with van der Waals surface area (Å²) in [6.45, 7) is 1.25. The van der Waals surface area contributed by atoms with Gasteiger partial charge in [0.1, 0.15) is 5.01 Å². The molecule has 0 aliphatic heterocycles. The summed E-state index contributed by atoms with van der Waals surface area (Å²) in [5.74, 6) is 0.797. The zero-order valence-corrected chi connectivity index (χ0v) is 17.2. The Bertz CT molecular complexity index is 1320. The van der Waals surface area contributed by atoms with Crippen molar-refractivity contribution in [3.63, 3.8) is 0 Å². The number of aryl methyl sites for hydroxylation is 1. The Labute approximate surface area is 176 Å². The third-order valence-corrected chi connectivity index (χ3v) is 5.71. The number of nitrogens with zero attached hydrogens (tertiary/aromatic N) is 7. The lowest BCUT2D eigenvalue weighted by Gasteiger charge is -2.04. The number of hydrogen-bond acceptors (Lipinski definition) is 8. The van der Waals surface area contributed by atoms with Crippen LogP contribution in [-0.4, -0.2) is 52.8 Å². The molecule has 0 radical (unpaired) electrons. The van der Waals surface area contributed by atoms with E-state index in [9.17, 15) is 0 Å². The van der Waals surface area contributed by atoms with Crippen LogP contribution in [0.25, 0.3) is 27.0 Å². The Hall–Kier alpha value is -3.21. The van der Waals surface area contributed by atoms with E-state index in [0.29, 0.717) is 19.5 Å². The number of benzene rings is 1. The maximum absolute atomic E-state index is 8.89. The van der Waals surface area contributed by atoms with Gasteiger partial charge in [0.05, 0.1) is 18.3 Å². The van der Waals surface area contributed by atoms with Crippen molar-refractivity contribution in [2.45, 2.75) is 13.0 Å². The second kappa shape index (κ2) is 7.90.